The van der Waals surface area contributed by atoms with E-state index in [1.165, 1.54) is 38.5 Å². The number of nitrogens with two attached hydrogens (primary N) is 1. The van der Waals surface area contributed by atoms with Crippen LogP contribution in [0.4, 0.5) is 5.82 Å². The molecule has 4 nitrogen and oxygen atoms in total. The highest BCUT2D eigenvalue weighted by molar-refractivity contribution is 5.75. The molecule has 2 N–H and O–H groups in total. The summed E-state index contributed by atoms with van der Waals surface area (Å²) in [6, 6.07) is 3.92. The van der Waals surface area contributed by atoms with Gasteiger partial charge in [-0.15, -0.1) is 0 Å². The van der Waals surface area contributed by atoms with E-state index in [0.717, 1.165) is 23.3 Å². The van der Waals surface area contributed by atoms with Gasteiger partial charge in [-0.3, -0.25) is 4.98 Å². The summed E-state index contributed by atoms with van der Waals surface area (Å²) >= 11 is 0. The number of hydrogen-bond donors (Lipinski definition) is 1. The molecular weight excluding hydrogens is 250 g/mol. The Labute approximate surface area is 119 Å². The quantitative estimate of drug-likeness (QED) is 0.861. The summed E-state index contributed by atoms with van der Waals surface area (Å²) in [5, 5.41) is 3.96. The molecule has 1 aliphatic rings. The molecule has 1 aliphatic carbocycles. The lowest BCUT2D eigenvalue weighted by Gasteiger charge is -2.12. The van der Waals surface area contributed by atoms with Crippen molar-refractivity contribution in [2.24, 2.45) is 5.92 Å². The molecule has 0 aliphatic heterocycles. The number of aromatic nitrogens is 2. The van der Waals surface area contributed by atoms with Gasteiger partial charge in [-0.2, -0.15) is 0 Å². The third kappa shape index (κ3) is 2.84. The van der Waals surface area contributed by atoms with E-state index in [4.69, 9.17) is 10.3 Å². The Kier molecular flexibility index (Phi) is 4.00. The summed E-state index contributed by atoms with van der Waals surface area (Å²) < 4.78 is 5.50. The van der Waals surface area contributed by atoms with E-state index in [2.05, 4.69) is 10.1 Å². The predicted octanol–water partition coefficient (Wildman–Crippen LogP) is 3.83. The molecule has 0 amide bonds. The molecule has 1 fully saturated rings. The predicted molar refractivity (Wildman–Crippen MR) is 79.0 cm³/mol. The zero-order chi connectivity index (χ0) is 13.8. The molecule has 0 unspecified atom stereocenters. The molecule has 20 heavy (non-hydrogen) atoms. The van der Waals surface area contributed by atoms with E-state index in [0.29, 0.717) is 11.7 Å². The van der Waals surface area contributed by atoms with Crippen LogP contribution in [-0.2, 0) is 6.42 Å². The molecule has 0 spiro atoms. The standard InChI is InChI=1S/C16H21N3O/c17-16-15(13-7-9-18-10-8-13)14(20-19-16)11-12-5-3-1-2-4-6-12/h7-10,12H,1-6,11H2,(H2,17,19). The fourth-order valence-electron chi connectivity index (χ4n) is 3.14. The molecule has 2 heterocycles. The van der Waals surface area contributed by atoms with E-state index >= 15 is 0 Å². The minimum atomic E-state index is 0.486. The van der Waals surface area contributed by atoms with Crippen molar-refractivity contribution in [3.63, 3.8) is 0 Å². The molecule has 2 aromatic heterocycles. The first-order valence-electron chi connectivity index (χ1n) is 7.49. The van der Waals surface area contributed by atoms with Crippen LogP contribution in [0.1, 0.15) is 44.3 Å². The fraction of sp³-hybridized carbons (Fsp3) is 0.500. The Bertz CT molecular complexity index is 542. The van der Waals surface area contributed by atoms with E-state index in [1.807, 2.05) is 12.1 Å². The lowest BCUT2D eigenvalue weighted by Crippen LogP contribution is -2.03. The van der Waals surface area contributed by atoms with E-state index in [-0.39, 0.29) is 0 Å². The Morgan fingerprint density at radius 1 is 1.10 bits per heavy atom. The van der Waals surface area contributed by atoms with Crippen LogP contribution in [0, 0.1) is 5.92 Å². The van der Waals surface area contributed by atoms with Gasteiger partial charge in [0.05, 0.1) is 5.56 Å². The van der Waals surface area contributed by atoms with Crippen molar-refractivity contribution in [1.29, 1.82) is 0 Å². The highest BCUT2D eigenvalue weighted by atomic mass is 16.5. The Balaban J connectivity index is 1.83. The fourth-order valence-corrected chi connectivity index (χ4v) is 3.14. The second-order valence-electron chi connectivity index (χ2n) is 5.66. The van der Waals surface area contributed by atoms with Gasteiger partial charge in [0.15, 0.2) is 5.82 Å². The molecule has 1 saturated carbocycles. The van der Waals surface area contributed by atoms with Crippen LogP contribution < -0.4 is 5.73 Å². The molecule has 4 heteroatoms. The first-order valence-corrected chi connectivity index (χ1v) is 7.49. The Morgan fingerprint density at radius 3 is 2.50 bits per heavy atom. The maximum atomic E-state index is 5.98. The van der Waals surface area contributed by atoms with Crippen molar-refractivity contribution >= 4 is 5.82 Å². The maximum absolute atomic E-state index is 5.98. The number of anilines is 1. The maximum Gasteiger partial charge on any atom is 0.175 e. The van der Waals surface area contributed by atoms with Crippen molar-refractivity contribution in [2.75, 3.05) is 5.73 Å². The third-order valence-corrected chi connectivity index (χ3v) is 4.21. The zero-order valence-corrected chi connectivity index (χ0v) is 11.7. The van der Waals surface area contributed by atoms with Crippen LogP contribution in [0.2, 0.25) is 0 Å². The van der Waals surface area contributed by atoms with Gasteiger partial charge in [0, 0.05) is 18.8 Å². The van der Waals surface area contributed by atoms with Crippen LogP contribution in [0.3, 0.4) is 0 Å². The van der Waals surface area contributed by atoms with Gasteiger partial charge < -0.3 is 10.3 Å². The van der Waals surface area contributed by atoms with Crippen LogP contribution >= 0.6 is 0 Å². The van der Waals surface area contributed by atoms with Crippen molar-refractivity contribution in [3.05, 3.63) is 30.3 Å². The monoisotopic (exact) mass is 271 g/mol. The van der Waals surface area contributed by atoms with Crippen molar-refractivity contribution in [2.45, 2.75) is 44.9 Å². The molecule has 2 aromatic rings. The first kappa shape index (κ1) is 13.2. The van der Waals surface area contributed by atoms with Crippen LogP contribution in [0.15, 0.2) is 29.0 Å². The second-order valence-corrected chi connectivity index (χ2v) is 5.66. The number of nitrogen functional groups attached to an aromatic ring is 1. The van der Waals surface area contributed by atoms with Crippen LogP contribution in [0.25, 0.3) is 11.1 Å². The minimum absolute atomic E-state index is 0.486. The van der Waals surface area contributed by atoms with Crippen LogP contribution in [0.5, 0.6) is 0 Å². The number of pyridine rings is 1. The van der Waals surface area contributed by atoms with Crippen LogP contribution in [-0.4, -0.2) is 10.1 Å². The molecule has 0 saturated heterocycles. The lowest BCUT2D eigenvalue weighted by atomic mass is 9.93. The lowest BCUT2D eigenvalue weighted by molar-refractivity contribution is 0.347. The van der Waals surface area contributed by atoms with Gasteiger partial charge in [0.25, 0.3) is 0 Å². The molecule has 3 rings (SSSR count). The number of rotatable bonds is 3. The molecule has 106 valence electrons. The van der Waals surface area contributed by atoms with Gasteiger partial charge in [-0.25, -0.2) is 0 Å². The van der Waals surface area contributed by atoms with Gasteiger partial charge >= 0.3 is 0 Å². The Morgan fingerprint density at radius 2 is 1.80 bits per heavy atom. The summed E-state index contributed by atoms with van der Waals surface area (Å²) in [4.78, 5) is 4.05. The van der Waals surface area contributed by atoms with Gasteiger partial charge in [-0.05, 0) is 23.6 Å². The molecule has 0 atom stereocenters. The molecule has 0 bridgehead atoms. The smallest absolute Gasteiger partial charge is 0.175 e. The minimum Gasteiger partial charge on any atom is -0.380 e. The average Bonchev–Trinajstić information content (AvgIpc) is 2.67. The second kappa shape index (κ2) is 6.07. The van der Waals surface area contributed by atoms with Gasteiger partial charge in [0.2, 0.25) is 0 Å². The third-order valence-electron chi connectivity index (χ3n) is 4.21. The first-order chi connectivity index (χ1) is 9.84. The zero-order valence-electron chi connectivity index (χ0n) is 11.7. The van der Waals surface area contributed by atoms with Crippen molar-refractivity contribution in [1.82, 2.24) is 10.1 Å². The number of nitrogens with zero attached hydrogens (tertiary/aromatic N) is 2. The van der Waals surface area contributed by atoms with E-state index in [9.17, 15) is 0 Å². The summed E-state index contributed by atoms with van der Waals surface area (Å²) in [6.07, 6.45) is 12.5. The van der Waals surface area contributed by atoms with E-state index < -0.39 is 0 Å². The van der Waals surface area contributed by atoms with E-state index in [1.54, 1.807) is 12.4 Å². The van der Waals surface area contributed by atoms with Gasteiger partial charge in [0.1, 0.15) is 5.76 Å². The summed E-state index contributed by atoms with van der Waals surface area (Å²) in [5.74, 6) is 2.12. The SMILES string of the molecule is Nc1noc(CC2CCCCCC2)c1-c1ccncc1. The number of hydrogen-bond acceptors (Lipinski definition) is 4. The largest absolute Gasteiger partial charge is 0.380 e. The highest BCUT2D eigenvalue weighted by Crippen LogP contribution is 2.33. The summed E-state index contributed by atoms with van der Waals surface area (Å²) in [7, 11) is 0. The van der Waals surface area contributed by atoms with Crippen molar-refractivity contribution < 1.29 is 4.52 Å². The molecular formula is C16H21N3O. The Hall–Kier alpha value is -1.84. The topological polar surface area (TPSA) is 64.9 Å². The molecule has 0 aromatic carbocycles. The van der Waals surface area contributed by atoms with Crippen molar-refractivity contribution in [3.8, 4) is 11.1 Å². The summed E-state index contributed by atoms with van der Waals surface area (Å²) in [5.41, 5.74) is 7.98. The highest BCUT2D eigenvalue weighted by Gasteiger charge is 2.20. The molecule has 0 radical (unpaired) electrons. The normalized spacial score (nSPS) is 17.0. The summed E-state index contributed by atoms with van der Waals surface area (Å²) in [6.45, 7) is 0. The average molecular weight is 271 g/mol. The van der Waals surface area contributed by atoms with Gasteiger partial charge in [-0.1, -0.05) is 43.7 Å².